The second kappa shape index (κ2) is 5.22. The van der Waals surface area contributed by atoms with Gasteiger partial charge in [-0.25, -0.2) is 23.1 Å². The molecule has 0 aliphatic rings. The summed E-state index contributed by atoms with van der Waals surface area (Å²) >= 11 is 0. The van der Waals surface area contributed by atoms with Crippen molar-refractivity contribution in [2.45, 2.75) is 37.6 Å². The van der Waals surface area contributed by atoms with E-state index in [1.54, 1.807) is 0 Å². The summed E-state index contributed by atoms with van der Waals surface area (Å²) in [5, 5.41) is 0. The molecule has 0 aliphatic heterocycles. The maximum atomic E-state index is 11.8. The first kappa shape index (κ1) is 12.9. The van der Waals surface area contributed by atoms with Gasteiger partial charge in [-0.3, -0.25) is 0 Å². The lowest BCUT2D eigenvalue weighted by Crippen LogP contribution is -2.32. The number of hydrogen-bond acceptors (Lipinski definition) is 5. The third-order valence-electron chi connectivity index (χ3n) is 2.04. The third-order valence-corrected chi connectivity index (χ3v) is 3.58. The lowest BCUT2D eigenvalue weighted by Gasteiger charge is -2.12. The Morgan fingerprint density at radius 1 is 1.44 bits per heavy atom. The maximum absolute atomic E-state index is 11.8. The van der Waals surface area contributed by atoms with Crippen molar-refractivity contribution in [3.63, 3.8) is 0 Å². The number of nitrogens with two attached hydrogens (primary N) is 1. The first-order valence-electron chi connectivity index (χ1n) is 5.05. The van der Waals surface area contributed by atoms with Crippen molar-refractivity contribution in [1.29, 1.82) is 0 Å². The molecule has 0 amide bonds. The van der Waals surface area contributed by atoms with Crippen molar-refractivity contribution >= 4 is 16.0 Å². The van der Waals surface area contributed by atoms with E-state index in [4.69, 9.17) is 5.73 Å². The van der Waals surface area contributed by atoms with Gasteiger partial charge in [-0.15, -0.1) is 0 Å². The van der Waals surface area contributed by atoms with E-state index in [0.29, 0.717) is 0 Å². The zero-order valence-corrected chi connectivity index (χ0v) is 10.2. The molecule has 0 aromatic carbocycles. The molecule has 1 rings (SSSR count). The van der Waals surface area contributed by atoms with E-state index in [1.807, 2.05) is 13.8 Å². The number of nitrogens with zero attached hydrogens (tertiary/aromatic N) is 2. The number of aromatic nitrogens is 2. The van der Waals surface area contributed by atoms with E-state index in [2.05, 4.69) is 14.7 Å². The van der Waals surface area contributed by atoms with Crippen molar-refractivity contribution in [2.24, 2.45) is 0 Å². The lowest BCUT2D eigenvalue weighted by molar-refractivity contribution is 0.543. The molecule has 1 unspecified atom stereocenters. The molecule has 7 heteroatoms. The van der Waals surface area contributed by atoms with E-state index >= 15 is 0 Å². The number of nitrogen functional groups attached to an aromatic ring is 1. The van der Waals surface area contributed by atoms with Crippen LogP contribution in [0.15, 0.2) is 17.3 Å². The molecule has 0 spiro atoms. The minimum Gasteiger partial charge on any atom is -0.368 e. The average molecular weight is 244 g/mol. The Kier molecular flexibility index (Phi) is 4.19. The van der Waals surface area contributed by atoms with Crippen LogP contribution in [0, 0.1) is 0 Å². The third kappa shape index (κ3) is 3.42. The second-order valence-electron chi connectivity index (χ2n) is 3.59. The summed E-state index contributed by atoms with van der Waals surface area (Å²) in [6, 6.07) is -0.104. The number of rotatable bonds is 5. The van der Waals surface area contributed by atoms with Crippen molar-refractivity contribution in [1.82, 2.24) is 14.7 Å². The Balaban J connectivity index is 2.82. The number of hydrogen-bond donors (Lipinski definition) is 2. The van der Waals surface area contributed by atoms with Gasteiger partial charge in [0, 0.05) is 6.04 Å². The van der Waals surface area contributed by atoms with Crippen molar-refractivity contribution in [3.8, 4) is 0 Å². The van der Waals surface area contributed by atoms with E-state index in [9.17, 15) is 8.42 Å². The first-order valence-corrected chi connectivity index (χ1v) is 6.54. The molecule has 0 fully saturated rings. The minimum atomic E-state index is -3.53. The summed E-state index contributed by atoms with van der Waals surface area (Å²) < 4.78 is 26.1. The monoisotopic (exact) mass is 244 g/mol. The highest BCUT2D eigenvalue weighted by molar-refractivity contribution is 7.89. The second-order valence-corrected chi connectivity index (χ2v) is 5.30. The lowest BCUT2D eigenvalue weighted by atomic mass is 10.2. The van der Waals surface area contributed by atoms with Crippen LogP contribution in [-0.2, 0) is 10.0 Å². The summed E-state index contributed by atoms with van der Waals surface area (Å²) in [4.78, 5) is 7.32. The Hall–Kier alpha value is -1.21. The molecule has 90 valence electrons. The Labute approximate surface area is 95.3 Å². The predicted octanol–water partition coefficient (Wildman–Crippen LogP) is 0.526. The van der Waals surface area contributed by atoms with Crippen LogP contribution in [0.25, 0.3) is 0 Å². The molecule has 16 heavy (non-hydrogen) atoms. The molecule has 0 bridgehead atoms. The van der Waals surface area contributed by atoms with Gasteiger partial charge in [-0.2, -0.15) is 0 Å². The van der Waals surface area contributed by atoms with Crippen LogP contribution in [0.3, 0.4) is 0 Å². The van der Waals surface area contributed by atoms with Gasteiger partial charge >= 0.3 is 0 Å². The Morgan fingerprint density at radius 2 is 2.00 bits per heavy atom. The van der Waals surface area contributed by atoms with E-state index < -0.39 is 10.0 Å². The summed E-state index contributed by atoms with van der Waals surface area (Å²) in [6.07, 6.45) is 4.10. The highest BCUT2D eigenvalue weighted by Gasteiger charge is 2.17. The van der Waals surface area contributed by atoms with Crippen LogP contribution in [0.1, 0.15) is 26.7 Å². The summed E-state index contributed by atoms with van der Waals surface area (Å²) in [7, 11) is -3.53. The summed E-state index contributed by atoms with van der Waals surface area (Å²) in [5.74, 6) is 0.0561. The van der Waals surface area contributed by atoms with Crippen molar-refractivity contribution in [2.75, 3.05) is 5.73 Å². The molecule has 1 atom stereocenters. The van der Waals surface area contributed by atoms with Gasteiger partial charge in [0.1, 0.15) is 4.90 Å². The van der Waals surface area contributed by atoms with Gasteiger partial charge in [-0.1, -0.05) is 13.3 Å². The fourth-order valence-corrected chi connectivity index (χ4v) is 2.46. The number of sulfonamides is 1. The summed E-state index contributed by atoms with van der Waals surface area (Å²) in [5.41, 5.74) is 5.28. The van der Waals surface area contributed by atoms with Gasteiger partial charge in [0.25, 0.3) is 0 Å². The molecular formula is C9H16N4O2S. The van der Waals surface area contributed by atoms with Crippen LogP contribution in [-0.4, -0.2) is 24.4 Å². The highest BCUT2D eigenvalue weighted by atomic mass is 32.2. The van der Waals surface area contributed by atoms with Crippen LogP contribution in [0.5, 0.6) is 0 Å². The zero-order chi connectivity index (χ0) is 12.2. The average Bonchev–Trinajstić information content (AvgIpc) is 2.17. The topological polar surface area (TPSA) is 98.0 Å². The van der Waals surface area contributed by atoms with E-state index in [-0.39, 0.29) is 16.9 Å². The van der Waals surface area contributed by atoms with Crippen molar-refractivity contribution < 1.29 is 8.42 Å². The molecular weight excluding hydrogens is 228 g/mol. The van der Waals surface area contributed by atoms with Gasteiger partial charge < -0.3 is 5.73 Å². The molecule has 0 saturated heterocycles. The Bertz CT molecular complexity index is 429. The SMILES string of the molecule is CCCC(C)NS(=O)(=O)c1cnc(N)nc1. The largest absolute Gasteiger partial charge is 0.368 e. The van der Waals surface area contributed by atoms with Crippen LogP contribution in [0.2, 0.25) is 0 Å². The van der Waals surface area contributed by atoms with Crippen molar-refractivity contribution in [3.05, 3.63) is 12.4 Å². The van der Waals surface area contributed by atoms with Crippen LogP contribution in [0.4, 0.5) is 5.95 Å². The summed E-state index contributed by atoms with van der Waals surface area (Å²) in [6.45, 7) is 3.82. The molecule has 0 aliphatic carbocycles. The molecule has 1 aromatic rings. The Morgan fingerprint density at radius 3 is 2.50 bits per heavy atom. The van der Waals surface area contributed by atoms with Crippen LogP contribution >= 0.6 is 0 Å². The highest BCUT2D eigenvalue weighted by Crippen LogP contribution is 2.08. The number of nitrogens with one attached hydrogen (secondary N) is 1. The maximum Gasteiger partial charge on any atom is 0.243 e. The van der Waals surface area contributed by atoms with Gasteiger partial charge in [-0.05, 0) is 13.3 Å². The van der Waals surface area contributed by atoms with E-state index in [0.717, 1.165) is 12.8 Å². The predicted molar refractivity (Wildman–Crippen MR) is 61.1 cm³/mol. The van der Waals surface area contributed by atoms with Gasteiger partial charge in [0.15, 0.2) is 0 Å². The minimum absolute atomic E-state index is 0.0321. The first-order chi connectivity index (χ1) is 7.45. The zero-order valence-electron chi connectivity index (χ0n) is 9.34. The molecule has 0 radical (unpaired) electrons. The normalized spacial score (nSPS) is 13.6. The smallest absolute Gasteiger partial charge is 0.243 e. The van der Waals surface area contributed by atoms with Gasteiger partial charge in [0.05, 0.1) is 12.4 Å². The quantitative estimate of drug-likeness (QED) is 0.787. The fourth-order valence-electron chi connectivity index (χ4n) is 1.29. The van der Waals surface area contributed by atoms with Gasteiger partial charge in [0.2, 0.25) is 16.0 Å². The molecule has 0 saturated carbocycles. The van der Waals surface area contributed by atoms with Crippen LogP contribution < -0.4 is 10.5 Å². The molecule has 1 heterocycles. The number of anilines is 1. The molecule has 6 nitrogen and oxygen atoms in total. The van der Waals surface area contributed by atoms with E-state index in [1.165, 1.54) is 12.4 Å². The molecule has 3 N–H and O–H groups in total. The fraction of sp³-hybridized carbons (Fsp3) is 0.556. The standard InChI is InChI=1S/C9H16N4O2S/c1-3-4-7(2)13-16(14,15)8-5-11-9(10)12-6-8/h5-7,13H,3-4H2,1-2H3,(H2,10,11,12). The molecule has 1 aromatic heterocycles.